The smallest absolute Gasteiger partial charge is 0.221 e. The number of aromatic nitrogens is 3. The van der Waals surface area contributed by atoms with Gasteiger partial charge in [0.2, 0.25) is 5.91 Å². The van der Waals surface area contributed by atoms with E-state index < -0.39 is 0 Å². The number of nitrogens with zero attached hydrogens (tertiary/aromatic N) is 2. The lowest BCUT2D eigenvalue weighted by Crippen LogP contribution is -2.05. The molecule has 4 N–H and O–H groups in total. The van der Waals surface area contributed by atoms with Gasteiger partial charge >= 0.3 is 0 Å². The quantitative estimate of drug-likeness (QED) is 0.662. The average Bonchev–Trinajstić information content (AvgIpc) is 2.81. The van der Waals surface area contributed by atoms with E-state index in [9.17, 15) is 4.79 Å². The fourth-order valence-electron chi connectivity index (χ4n) is 2.15. The highest BCUT2D eigenvalue weighted by Gasteiger charge is 2.10. The molecule has 2 aromatic heterocycles. The summed E-state index contributed by atoms with van der Waals surface area (Å²) in [4.78, 5) is 15.2. The number of carbonyl (C=O) groups is 1. The molecule has 0 atom stereocenters. The number of hydrogen-bond acceptors (Lipinski definition) is 4. The number of nitrogens with two attached hydrogens (primary N) is 1. The van der Waals surface area contributed by atoms with Gasteiger partial charge in [-0.2, -0.15) is 5.10 Å². The third-order valence-electron chi connectivity index (χ3n) is 3.00. The highest BCUT2D eigenvalue weighted by atomic mass is 16.1. The van der Waals surface area contributed by atoms with Crippen molar-refractivity contribution in [1.82, 2.24) is 15.2 Å². The van der Waals surface area contributed by atoms with Gasteiger partial charge in [0.15, 0.2) is 5.65 Å². The molecule has 1 amide bonds. The first kappa shape index (κ1) is 12.2. The predicted molar refractivity (Wildman–Crippen MR) is 78.0 cm³/mol. The highest BCUT2D eigenvalue weighted by molar-refractivity contribution is 5.99. The van der Waals surface area contributed by atoms with Crippen LogP contribution in [0.1, 0.15) is 6.92 Å². The molecule has 0 aliphatic rings. The lowest BCUT2D eigenvalue weighted by Gasteiger charge is -2.06. The zero-order valence-electron chi connectivity index (χ0n) is 10.8. The van der Waals surface area contributed by atoms with E-state index in [1.807, 2.05) is 30.3 Å². The van der Waals surface area contributed by atoms with Crippen LogP contribution in [-0.4, -0.2) is 21.1 Å². The molecule has 2 heterocycles. The molecular weight excluding hydrogens is 254 g/mol. The summed E-state index contributed by atoms with van der Waals surface area (Å²) < 4.78 is 0. The Morgan fingerprint density at radius 1 is 1.25 bits per heavy atom. The van der Waals surface area contributed by atoms with Crippen LogP contribution < -0.4 is 11.1 Å². The van der Waals surface area contributed by atoms with Crippen molar-refractivity contribution in [3.63, 3.8) is 0 Å². The summed E-state index contributed by atoms with van der Waals surface area (Å²) in [7, 11) is 0. The zero-order chi connectivity index (χ0) is 14.1. The maximum Gasteiger partial charge on any atom is 0.221 e. The van der Waals surface area contributed by atoms with Gasteiger partial charge in [-0.3, -0.25) is 9.89 Å². The number of fused-ring (bicyclic) bond motifs is 1. The topological polar surface area (TPSA) is 96.7 Å². The van der Waals surface area contributed by atoms with Crippen LogP contribution in [0.2, 0.25) is 0 Å². The Balaban J connectivity index is 2.07. The average molecular weight is 267 g/mol. The van der Waals surface area contributed by atoms with Crippen LogP contribution in [-0.2, 0) is 4.79 Å². The Labute approximate surface area is 115 Å². The number of H-pyrrole nitrogens is 1. The highest BCUT2D eigenvalue weighted by Crippen LogP contribution is 2.30. The molecule has 0 fully saturated rings. The first-order chi connectivity index (χ1) is 9.65. The summed E-state index contributed by atoms with van der Waals surface area (Å²) in [6.07, 6.45) is 1.69. The number of carbonyl (C=O) groups excluding carboxylic acids is 1. The Kier molecular flexibility index (Phi) is 2.83. The van der Waals surface area contributed by atoms with Crippen LogP contribution in [0.3, 0.4) is 0 Å². The Morgan fingerprint density at radius 3 is 2.70 bits per heavy atom. The van der Waals surface area contributed by atoms with E-state index in [-0.39, 0.29) is 5.91 Å². The molecule has 0 radical (unpaired) electrons. The number of nitrogen functional groups attached to an aromatic ring is 1. The Morgan fingerprint density at radius 2 is 2.00 bits per heavy atom. The van der Waals surface area contributed by atoms with Crippen molar-refractivity contribution in [1.29, 1.82) is 0 Å². The van der Waals surface area contributed by atoms with Crippen LogP contribution in [0.25, 0.3) is 22.2 Å². The van der Waals surface area contributed by atoms with Crippen molar-refractivity contribution in [2.45, 2.75) is 6.92 Å². The van der Waals surface area contributed by atoms with Crippen molar-refractivity contribution in [2.75, 3.05) is 11.1 Å². The van der Waals surface area contributed by atoms with E-state index in [0.29, 0.717) is 11.5 Å². The summed E-state index contributed by atoms with van der Waals surface area (Å²) in [6, 6.07) is 9.43. The number of rotatable bonds is 2. The number of hydrogen-bond donors (Lipinski definition) is 3. The second-order valence-corrected chi connectivity index (χ2v) is 4.45. The molecule has 0 bridgehead atoms. The molecule has 0 saturated carbocycles. The van der Waals surface area contributed by atoms with Crippen molar-refractivity contribution in [3.05, 3.63) is 36.5 Å². The minimum atomic E-state index is -0.0943. The SMILES string of the molecule is CC(=O)Nc1ccc(-c2ccnc3n[nH]c(N)c23)cc1. The third-order valence-corrected chi connectivity index (χ3v) is 3.00. The van der Waals surface area contributed by atoms with Crippen molar-refractivity contribution in [2.24, 2.45) is 0 Å². The van der Waals surface area contributed by atoms with E-state index in [1.54, 1.807) is 6.20 Å². The van der Waals surface area contributed by atoms with E-state index in [0.717, 1.165) is 22.2 Å². The molecule has 0 unspecified atom stereocenters. The monoisotopic (exact) mass is 267 g/mol. The van der Waals surface area contributed by atoms with Gasteiger partial charge in [0.1, 0.15) is 5.82 Å². The van der Waals surface area contributed by atoms with Crippen LogP contribution in [0.5, 0.6) is 0 Å². The summed E-state index contributed by atoms with van der Waals surface area (Å²) >= 11 is 0. The number of aromatic amines is 1. The molecule has 6 heteroatoms. The summed E-state index contributed by atoms with van der Waals surface area (Å²) in [5.74, 6) is 0.400. The summed E-state index contributed by atoms with van der Waals surface area (Å²) in [5, 5.41) is 10.3. The minimum Gasteiger partial charge on any atom is -0.383 e. The van der Waals surface area contributed by atoms with E-state index >= 15 is 0 Å². The van der Waals surface area contributed by atoms with Crippen LogP contribution in [0, 0.1) is 0 Å². The van der Waals surface area contributed by atoms with Gasteiger partial charge < -0.3 is 11.1 Å². The largest absolute Gasteiger partial charge is 0.383 e. The molecular formula is C14H13N5O. The molecule has 0 aliphatic heterocycles. The first-order valence-corrected chi connectivity index (χ1v) is 6.12. The normalized spacial score (nSPS) is 10.7. The van der Waals surface area contributed by atoms with Crippen LogP contribution >= 0.6 is 0 Å². The molecule has 0 saturated heterocycles. The Bertz CT molecular complexity index is 776. The number of nitrogens with one attached hydrogen (secondary N) is 2. The maximum absolute atomic E-state index is 11.0. The van der Waals surface area contributed by atoms with Gasteiger partial charge in [-0.25, -0.2) is 4.98 Å². The molecule has 3 rings (SSSR count). The summed E-state index contributed by atoms with van der Waals surface area (Å²) in [6.45, 7) is 1.48. The molecule has 3 aromatic rings. The van der Waals surface area contributed by atoms with Crippen LogP contribution in [0.4, 0.5) is 11.5 Å². The van der Waals surface area contributed by atoms with E-state index in [2.05, 4.69) is 20.5 Å². The van der Waals surface area contributed by atoms with Crippen LogP contribution in [0.15, 0.2) is 36.5 Å². The Hall–Kier alpha value is -2.89. The summed E-state index contributed by atoms with van der Waals surface area (Å²) in [5.41, 5.74) is 9.18. The fraction of sp³-hybridized carbons (Fsp3) is 0.0714. The standard InChI is InChI=1S/C14H13N5O/c1-8(20)17-10-4-2-9(3-5-10)11-6-7-16-14-12(11)13(15)18-19-14/h2-7H,1H3,(H,17,20)(H3,15,16,18,19). The lowest BCUT2D eigenvalue weighted by atomic mass is 10.0. The predicted octanol–water partition coefficient (Wildman–Crippen LogP) is 2.17. The number of amides is 1. The van der Waals surface area contributed by atoms with Gasteiger partial charge in [-0.05, 0) is 29.3 Å². The number of pyridine rings is 1. The second kappa shape index (κ2) is 4.65. The van der Waals surface area contributed by atoms with E-state index in [4.69, 9.17) is 5.73 Å². The molecule has 0 spiro atoms. The number of anilines is 2. The fourth-order valence-corrected chi connectivity index (χ4v) is 2.15. The number of benzene rings is 1. The zero-order valence-corrected chi connectivity index (χ0v) is 10.8. The third kappa shape index (κ3) is 2.07. The van der Waals surface area contributed by atoms with E-state index in [1.165, 1.54) is 6.92 Å². The van der Waals surface area contributed by atoms with Crippen molar-refractivity contribution >= 4 is 28.4 Å². The van der Waals surface area contributed by atoms with Gasteiger partial charge in [-0.15, -0.1) is 0 Å². The second-order valence-electron chi connectivity index (χ2n) is 4.45. The minimum absolute atomic E-state index is 0.0943. The van der Waals surface area contributed by atoms with Gasteiger partial charge in [0.25, 0.3) is 0 Å². The van der Waals surface area contributed by atoms with Gasteiger partial charge in [-0.1, -0.05) is 12.1 Å². The molecule has 6 nitrogen and oxygen atoms in total. The van der Waals surface area contributed by atoms with Gasteiger partial charge in [0.05, 0.1) is 5.39 Å². The molecule has 100 valence electrons. The molecule has 20 heavy (non-hydrogen) atoms. The van der Waals surface area contributed by atoms with Gasteiger partial charge in [0, 0.05) is 18.8 Å². The lowest BCUT2D eigenvalue weighted by molar-refractivity contribution is -0.114. The van der Waals surface area contributed by atoms with Crippen molar-refractivity contribution in [3.8, 4) is 11.1 Å². The molecule has 1 aromatic carbocycles. The molecule has 0 aliphatic carbocycles. The maximum atomic E-state index is 11.0. The van der Waals surface area contributed by atoms with Crippen molar-refractivity contribution < 1.29 is 4.79 Å². The first-order valence-electron chi connectivity index (χ1n) is 6.12.